The number of hydrogen-bond donors (Lipinski definition) is 0. The van der Waals surface area contributed by atoms with Gasteiger partial charge < -0.3 is 0 Å². The Morgan fingerprint density at radius 3 is 2.17 bits per heavy atom. The van der Waals surface area contributed by atoms with Gasteiger partial charge in [0, 0.05) is 10.5 Å². The molecule has 0 heterocycles. The van der Waals surface area contributed by atoms with Crippen molar-refractivity contribution >= 4 is 11.8 Å². The quantitative estimate of drug-likeness (QED) is 0.567. The maximum atomic E-state index is 2.35. The third-order valence-electron chi connectivity index (χ3n) is 2.33. The van der Waals surface area contributed by atoms with Crippen molar-refractivity contribution in [2.24, 2.45) is 0 Å². The molecule has 0 aromatic rings. The van der Waals surface area contributed by atoms with Gasteiger partial charge >= 0.3 is 0 Å². The molecule has 0 aromatic heterocycles. The lowest BCUT2D eigenvalue weighted by molar-refractivity contribution is 0.666. The molecule has 0 spiro atoms. The van der Waals surface area contributed by atoms with Crippen molar-refractivity contribution in [3.05, 3.63) is 0 Å². The van der Waals surface area contributed by atoms with Crippen LogP contribution in [0.4, 0.5) is 0 Å². The normalized spacial score (nSPS) is 16.0. The van der Waals surface area contributed by atoms with E-state index < -0.39 is 0 Å². The van der Waals surface area contributed by atoms with Crippen molar-refractivity contribution in [1.29, 1.82) is 0 Å². The Hall–Kier alpha value is 0.350. The standard InChI is InChI=1S/C11H24S/c1-5-8-9-11(7-3)12-10(4)6-2/h10-11H,5-9H2,1-4H3. The Kier molecular flexibility index (Phi) is 8.20. The van der Waals surface area contributed by atoms with E-state index in [1.807, 2.05) is 0 Å². The van der Waals surface area contributed by atoms with Crippen molar-refractivity contribution in [1.82, 2.24) is 0 Å². The Balaban J connectivity index is 3.51. The van der Waals surface area contributed by atoms with E-state index >= 15 is 0 Å². The van der Waals surface area contributed by atoms with Crippen molar-refractivity contribution in [3.63, 3.8) is 0 Å². The predicted molar refractivity (Wildman–Crippen MR) is 60.9 cm³/mol. The third-order valence-corrected chi connectivity index (χ3v) is 4.09. The molecular weight excluding hydrogens is 164 g/mol. The molecule has 0 amide bonds. The minimum Gasteiger partial charge on any atom is -0.155 e. The van der Waals surface area contributed by atoms with Crippen LogP contribution < -0.4 is 0 Å². The summed E-state index contributed by atoms with van der Waals surface area (Å²) in [5, 5.41) is 1.77. The first kappa shape index (κ1) is 12.3. The van der Waals surface area contributed by atoms with Gasteiger partial charge in [0.1, 0.15) is 0 Å². The van der Waals surface area contributed by atoms with Crippen LogP contribution in [0.1, 0.15) is 59.8 Å². The lowest BCUT2D eigenvalue weighted by Gasteiger charge is -2.17. The zero-order valence-corrected chi connectivity index (χ0v) is 9.91. The SMILES string of the molecule is CCCCC(CC)SC(C)CC. The molecule has 0 aromatic carbocycles. The monoisotopic (exact) mass is 188 g/mol. The van der Waals surface area contributed by atoms with Gasteiger partial charge in [0.2, 0.25) is 0 Å². The first-order valence-corrected chi connectivity index (χ1v) is 6.34. The van der Waals surface area contributed by atoms with Gasteiger partial charge in [0.25, 0.3) is 0 Å². The van der Waals surface area contributed by atoms with Crippen LogP contribution in [0.2, 0.25) is 0 Å². The van der Waals surface area contributed by atoms with Crippen molar-refractivity contribution < 1.29 is 0 Å². The number of hydrogen-bond acceptors (Lipinski definition) is 1. The average molecular weight is 188 g/mol. The van der Waals surface area contributed by atoms with Gasteiger partial charge in [0.05, 0.1) is 0 Å². The van der Waals surface area contributed by atoms with Gasteiger partial charge in [-0.15, -0.1) is 0 Å². The molecule has 0 rings (SSSR count). The van der Waals surface area contributed by atoms with Crippen LogP contribution in [0.5, 0.6) is 0 Å². The molecular formula is C11H24S. The highest BCUT2D eigenvalue weighted by Gasteiger charge is 2.09. The van der Waals surface area contributed by atoms with E-state index in [9.17, 15) is 0 Å². The molecule has 74 valence electrons. The van der Waals surface area contributed by atoms with E-state index in [0.717, 1.165) is 10.5 Å². The zero-order valence-electron chi connectivity index (χ0n) is 9.10. The van der Waals surface area contributed by atoms with Gasteiger partial charge in [-0.05, 0) is 19.3 Å². The summed E-state index contributed by atoms with van der Waals surface area (Å²) in [5.41, 5.74) is 0. The first-order chi connectivity index (χ1) is 5.74. The van der Waals surface area contributed by atoms with Crippen LogP contribution in [0.3, 0.4) is 0 Å². The van der Waals surface area contributed by atoms with Gasteiger partial charge in [-0.25, -0.2) is 0 Å². The molecule has 0 saturated carbocycles. The molecule has 0 bridgehead atoms. The number of unbranched alkanes of at least 4 members (excludes halogenated alkanes) is 1. The highest BCUT2D eigenvalue weighted by molar-refractivity contribution is 8.00. The Bertz CT molecular complexity index is 91.0. The first-order valence-electron chi connectivity index (χ1n) is 5.39. The second-order valence-electron chi connectivity index (χ2n) is 3.53. The second kappa shape index (κ2) is 7.97. The van der Waals surface area contributed by atoms with E-state index in [4.69, 9.17) is 0 Å². The fourth-order valence-electron chi connectivity index (χ4n) is 1.22. The van der Waals surface area contributed by atoms with Crippen molar-refractivity contribution in [2.75, 3.05) is 0 Å². The molecule has 2 unspecified atom stereocenters. The molecule has 2 atom stereocenters. The molecule has 1 heteroatoms. The topological polar surface area (TPSA) is 0 Å². The van der Waals surface area contributed by atoms with Crippen molar-refractivity contribution in [3.8, 4) is 0 Å². The van der Waals surface area contributed by atoms with E-state index in [1.165, 1.54) is 32.1 Å². The Morgan fingerprint density at radius 2 is 1.75 bits per heavy atom. The van der Waals surface area contributed by atoms with Gasteiger partial charge in [-0.2, -0.15) is 11.8 Å². The molecule has 0 aliphatic carbocycles. The van der Waals surface area contributed by atoms with Gasteiger partial charge in [-0.1, -0.05) is 40.5 Å². The van der Waals surface area contributed by atoms with Gasteiger partial charge in [0.15, 0.2) is 0 Å². The molecule has 0 aliphatic rings. The zero-order chi connectivity index (χ0) is 9.40. The number of thioether (sulfide) groups is 1. The number of rotatable bonds is 7. The summed E-state index contributed by atoms with van der Waals surface area (Å²) in [4.78, 5) is 0. The van der Waals surface area contributed by atoms with E-state index in [0.29, 0.717) is 0 Å². The molecule has 0 nitrogen and oxygen atoms in total. The summed E-state index contributed by atoms with van der Waals surface area (Å²) in [6.45, 7) is 9.22. The summed E-state index contributed by atoms with van der Waals surface area (Å²) >= 11 is 2.18. The van der Waals surface area contributed by atoms with Crippen LogP contribution in [-0.2, 0) is 0 Å². The second-order valence-corrected chi connectivity index (χ2v) is 5.27. The summed E-state index contributed by atoms with van der Waals surface area (Å²) < 4.78 is 0. The molecule has 0 fully saturated rings. The fourth-order valence-corrected chi connectivity index (χ4v) is 2.57. The van der Waals surface area contributed by atoms with Gasteiger partial charge in [-0.3, -0.25) is 0 Å². The smallest absolute Gasteiger partial charge is 0.00471 e. The molecule has 0 radical (unpaired) electrons. The summed E-state index contributed by atoms with van der Waals surface area (Å²) in [6, 6.07) is 0. The summed E-state index contributed by atoms with van der Waals surface area (Å²) in [5.74, 6) is 0. The summed E-state index contributed by atoms with van der Waals surface area (Å²) in [7, 11) is 0. The lowest BCUT2D eigenvalue weighted by atomic mass is 10.2. The average Bonchev–Trinajstić information content (AvgIpc) is 2.11. The molecule has 0 aliphatic heterocycles. The van der Waals surface area contributed by atoms with Crippen LogP contribution >= 0.6 is 11.8 Å². The maximum Gasteiger partial charge on any atom is 0.00471 e. The minimum atomic E-state index is 0.854. The van der Waals surface area contributed by atoms with Crippen LogP contribution in [0.15, 0.2) is 0 Å². The highest BCUT2D eigenvalue weighted by Crippen LogP contribution is 2.26. The van der Waals surface area contributed by atoms with Crippen LogP contribution in [0, 0.1) is 0 Å². The van der Waals surface area contributed by atoms with E-state index in [2.05, 4.69) is 39.5 Å². The minimum absolute atomic E-state index is 0.854. The highest BCUT2D eigenvalue weighted by atomic mass is 32.2. The predicted octanol–water partition coefficient (Wildman–Crippen LogP) is 4.49. The third kappa shape index (κ3) is 5.93. The van der Waals surface area contributed by atoms with Crippen LogP contribution in [0.25, 0.3) is 0 Å². The molecule has 0 saturated heterocycles. The van der Waals surface area contributed by atoms with Crippen molar-refractivity contribution in [2.45, 2.75) is 70.3 Å². The van der Waals surface area contributed by atoms with E-state index in [-0.39, 0.29) is 0 Å². The van der Waals surface area contributed by atoms with Crippen LogP contribution in [-0.4, -0.2) is 10.5 Å². The lowest BCUT2D eigenvalue weighted by Crippen LogP contribution is -2.06. The molecule has 0 N–H and O–H groups in total. The van der Waals surface area contributed by atoms with E-state index in [1.54, 1.807) is 0 Å². The molecule has 12 heavy (non-hydrogen) atoms. The maximum absolute atomic E-state index is 2.35. The fraction of sp³-hybridized carbons (Fsp3) is 1.00. The Labute approximate surface area is 82.5 Å². The Morgan fingerprint density at radius 1 is 1.08 bits per heavy atom. The largest absolute Gasteiger partial charge is 0.155 e. The summed E-state index contributed by atoms with van der Waals surface area (Å²) in [6.07, 6.45) is 6.82.